The van der Waals surface area contributed by atoms with Crippen molar-refractivity contribution in [3.8, 4) is 0 Å². The molecule has 0 spiro atoms. The van der Waals surface area contributed by atoms with Crippen LogP contribution in [0, 0.1) is 5.92 Å². The number of para-hydroxylation sites is 2. The third-order valence-electron chi connectivity index (χ3n) is 6.08. The molecule has 1 saturated heterocycles. The highest BCUT2D eigenvalue weighted by atomic mass is 16.3. The zero-order chi connectivity index (χ0) is 23.8. The lowest BCUT2D eigenvalue weighted by molar-refractivity contribution is -0.122. The second-order valence-corrected chi connectivity index (χ2v) is 8.58. The Hall–Kier alpha value is -3.26. The van der Waals surface area contributed by atoms with E-state index in [9.17, 15) is 4.79 Å². The number of pyridine rings is 1. The molecule has 8 heteroatoms. The zero-order valence-corrected chi connectivity index (χ0v) is 19.6. The maximum absolute atomic E-state index is 13.0. The Morgan fingerprint density at radius 2 is 2.06 bits per heavy atom. The van der Waals surface area contributed by atoms with Crippen molar-refractivity contribution in [2.75, 3.05) is 26.7 Å². The molecule has 1 aromatic carbocycles. The highest BCUT2D eigenvalue weighted by Gasteiger charge is 2.23. The van der Waals surface area contributed by atoms with Gasteiger partial charge in [0.15, 0.2) is 0 Å². The molecule has 0 radical (unpaired) electrons. The average Bonchev–Trinajstić information content (AvgIpc) is 3.38. The number of aryl methyl sites for hydroxylation is 1. The molecule has 2 aromatic heterocycles. The summed E-state index contributed by atoms with van der Waals surface area (Å²) < 4.78 is 2.05. The third-order valence-corrected chi connectivity index (χ3v) is 6.08. The van der Waals surface area contributed by atoms with Crippen LogP contribution in [0.25, 0.3) is 11.0 Å². The van der Waals surface area contributed by atoms with E-state index in [2.05, 4.69) is 26.4 Å². The number of fused-ring (bicyclic) bond motifs is 1. The van der Waals surface area contributed by atoms with Crippen LogP contribution in [0.1, 0.15) is 41.5 Å². The first kappa shape index (κ1) is 24.4. The van der Waals surface area contributed by atoms with E-state index in [1.165, 1.54) is 25.9 Å². The Bertz CT molecular complexity index is 1080. The fourth-order valence-corrected chi connectivity index (χ4v) is 4.49. The van der Waals surface area contributed by atoms with E-state index in [0.717, 1.165) is 35.4 Å². The number of imidazole rings is 1. The molecule has 0 aliphatic carbocycles. The molecule has 176 valence electrons. The number of benzene rings is 1. The maximum atomic E-state index is 13.0. The van der Waals surface area contributed by atoms with Gasteiger partial charge in [-0.15, -0.1) is 0 Å². The summed E-state index contributed by atoms with van der Waals surface area (Å²) >= 11 is 0. The smallest absolute Gasteiger partial charge is 0.290 e. The summed E-state index contributed by atoms with van der Waals surface area (Å²) in [6, 6.07) is 10.1. The first-order valence-corrected chi connectivity index (χ1v) is 11.4. The number of likely N-dealkylation sites (tertiary alicyclic amines) is 1. The fraction of sp³-hybridized carbons (Fsp3) is 0.440. The van der Waals surface area contributed by atoms with Crippen molar-refractivity contribution < 1.29 is 14.7 Å². The topological polar surface area (TPSA) is 91.6 Å². The van der Waals surface area contributed by atoms with Gasteiger partial charge >= 0.3 is 0 Å². The Morgan fingerprint density at radius 1 is 1.30 bits per heavy atom. The first-order chi connectivity index (χ1) is 16.0. The van der Waals surface area contributed by atoms with E-state index < -0.39 is 0 Å². The van der Waals surface area contributed by atoms with Gasteiger partial charge in [0.2, 0.25) is 0 Å². The highest BCUT2D eigenvalue weighted by Crippen LogP contribution is 2.22. The van der Waals surface area contributed by atoms with Crippen molar-refractivity contribution in [3.63, 3.8) is 0 Å². The molecule has 1 atom stereocenters. The molecular weight excluding hydrogens is 418 g/mol. The minimum absolute atomic E-state index is 0.0181. The maximum Gasteiger partial charge on any atom is 0.290 e. The van der Waals surface area contributed by atoms with Crippen LogP contribution >= 0.6 is 0 Å². The average molecular weight is 452 g/mol. The van der Waals surface area contributed by atoms with E-state index in [1.807, 2.05) is 50.6 Å². The Balaban J connectivity index is 0.000000968. The number of aromatic nitrogens is 3. The van der Waals surface area contributed by atoms with Crippen LogP contribution < -0.4 is 0 Å². The molecule has 0 saturated carbocycles. The summed E-state index contributed by atoms with van der Waals surface area (Å²) in [7, 11) is 3.82. The van der Waals surface area contributed by atoms with Crippen LogP contribution in [-0.4, -0.2) is 68.5 Å². The lowest BCUT2D eigenvalue weighted by atomic mass is 9.99. The van der Waals surface area contributed by atoms with Gasteiger partial charge < -0.3 is 19.5 Å². The van der Waals surface area contributed by atoms with Crippen LogP contribution in [0.15, 0.2) is 42.7 Å². The predicted octanol–water partition coefficient (Wildman–Crippen LogP) is 3.22. The van der Waals surface area contributed by atoms with Gasteiger partial charge in [-0.3, -0.25) is 14.6 Å². The predicted molar refractivity (Wildman–Crippen MR) is 128 cm³/mol. The molecule has 1 unspecified atom stereocenters. The van der Waals surface area contributed by atoms with Gasteiger partial charge in [-0.05, 0) is 62.0 Å². The van der Waals surface area contributed by atoms with Crippen molar-refractivity contribution in [2.45, 2.75) is 32.7 Å². The molecule has 3 aromatic rings. The number of hydrogen-bond acceptors (Lipinski definition) is 5. The number of carbonyl (C=O) groups is 2. The van der Waals surface area contributed by atoms with E-state index in [4.69, 9.17) is 9.90 Å². The quantitative estimate of drug-likeness (QED) is 0.555. The summed E-state index contributed by atoms with van der Waals surface area (Å²) in [6.45, 7) is 5.96. The number of amides is 1. The minimum Gasteiger partial charge on any atom is -0.483 e. The van der Waals surface area contributed by atoms with Crippen LogP contribution in [0.5, 0.6) is 0 Å². The second-order valence-electron chi connectivity index (χ2n) is 8.58. The van der Waals surface area contributed by atoms with Crippen LogP contribution in [0.3, 0.4) is 0 Å². The van der Waals surface area contributed by atoms with Crippen molar-refractivity contribution in [2.24, 2.45) is 13.0 Å². The van der Waals surface area contributed by atoms with Crippen LogP contribution in [0.2, 0.25) is 0 Å². The van der Waals surface area contributed by atoms with Crippen LogP contribution in [0.4, 0.5) is 0 Å². The minimum atomic E-state index is -0.250. The standard InChI is InChI=1S/C24H31N5O.CH2O2/c1-4-10-29-11-9-18(16-29)12-19-13-20(15-25-14-19)24(30)27(2)17-23-26-21-7-5-6-8-22(21)28(23)3;2-1-3/h5-8,13-15,18H,4,9-12,16-17H2,1-3H3;1H,(H,2,3). The Kier molecular flexibility index (Phi) is 8.54. The van der Waals surface area contributed by atoms with E-state index >= 15 is 0 Å². The van der Waals surface area contributed by atoms with E-state index in [1.54, 1.807) is 11.1 Å². The van der Waals surface area contributed by atoms with Crippen molar-refractivity contribution in [1.82, 2.24) is 24.3 Å². The second kappa shape index (κ2) is 11.6. The van der Waals surface area contributed by atoms with Gasteiger partial charge in [0.1, 0.15) is 5.82 Å². The number of carboxylic acid groups (broad SMARTS) is 1. The molecular formula is C25H33N5O3. The van der Waals surface area contributed by atoms with Crippen LogP contribution in [-0.2, 0) is 24.8 Å². The molecule has 1 aliphatic heterocycles. The molecule has 3 heterocycles. The third kappa shape index (κ3) is 6.16. The summed E-state index contributed by atoms with van der Waals surface area (Å²) in [5.74, 6) is 1.51. The van der Waals surface area contributed by atoms with Gasteiger partial charge in [0.25, 0.3) is 12.4 Å². The van der Waals surface area contributed by atoms with Gasteiger partial charge in [-0.2, -0.15) is 0 Å². The molecule has 4 rings (SSSR count). The van der Waals surface area contributed by atoms with Gasteiger partial charge in [-0.1, -0.05) is 19.1 Å². The summed E-state index contributed by atoms with van der Waals surface area (Å²) in [6.07, 6.45) is 7.00. The van der Waals surface area contributed by atoms with Crippen molar-refractivity contribution >= 4 is 23.4 Å². The normalized spacial score (nSPS) is 15.8. The molecule has 1 N–H and O–H groups in total. The first-order valence-electron chi connectivity index (χ1n) is 11.4. The number of carbonyl (C=O) groups excluding carboxylic acids is 1. The summed E-state index contributed by atoms with van der Waals surface area (Å²) in [4.78, 5) is 34.7. The molecule has 1 fully saturated rings. The van der Waals surface area contributed by atoms with Gasteiger partial charge in [0, 0.05) is 33.0 Å². The largest absolute Gasteiger partial charge is 0.483 e. The van der Waals surface area contributed by atoms with E-state index in [-0.39, 0.29) is 12.4 Å². The number of hydrogen-bond donors (Lipinski definition) is 1. The monoisotopic (exact) mass is 451 g/mol. The lowest BCUT2D eigenvalue weighted by Crippen LogP contribution is -2.27. The molecule has 0 bridgehead atoms. The molecule has 33 heavy (non-hydrogen) atoms. The molecule has 1 aliphatic rings. The Morgan fingerprint density at radius 3 is 2.79 bits per heavy atom. The fourth-order valence-electron chi connectivity index (χ4n) is 4.49. The Labute approximate surface area is 194 Å². The highest BCUT2D eigenvalue weighted by molar-refractivity contribution is 5.93. The lowest BCUT2D eigenvalue weighted by Gasteiger charge is -2.18. The number of rotatable bonds is 7. The summed E-state index contributed by atoms with van der Waals surface area (Å²) in [5, 5.41) is 6.89. The van der Waals surface area contributed by atoms with Crippen molar-refractivity contribution in [1.29, 1.82) is 0 Å². The van der Waals surface area contributed by atoms with Gasteiger partial charge in [0.05, 0.1) is 23.1 Å². The SMILES string of the molecule is CCCN1CCC(Cc2cncc(C(=O)N(C)Cc3nc4ccccc4n3C)c2)C1.O=CO. The van der Waals surface area contributed by atoms with Crippen molar-refractivity contribution in [3.05, 3.63) is 59.7 Å². The number of nitrogens with zero attached hydrogens (tertiary/aromatic N) is 5. The zero-order valence-electron chi connectivity index (χ0n) is 19.6. The molecule has 1 amide bonds. The molecule has 8 nitrogen and oxygen atoms in total. The summed E-state index contributed by atoms with van der Waals surface area (Å²) in [5.41, 5.74) is 3.83. The van der Waals surface area contributed by atoms with E-state index in [0.29, 0.717) is 18.0 Å². The van der Waals surface area contributed by atoms with Gasteiger partial charge in [-0.25, -0.2) is 4.98 Å².